The second-order valence-electron chi connectivity index (χ2n) is 6.07. The highest BCUT2D eigenvalue weighted by molar-refractivity contribution is 7.92. The SMILES string of the molecule is COc1ccc([C@@H]2[C@@H](S(=O)(=O)c3ccc(C)cc3)[C@]2(N)C#N)cc1. The Morgan fingerprint density at radius 3 is 2.21 bits per heavy atom. The molecule has 0 amide bonds. The van der Waals surface area contributed by atoms with E-state index in [0.29, 0.717) is 5.75 Å². The van der Waals surface area contributed by atoms with E-state index in [-0.39, 0.29) is 4.90 Å². The van der Waals surface area contributed by atoms with Gasteiger partial charge in [-0.05, 0) is 36.8 Å². The Hall–Kier alpha value is -2.36. The van der Waals surface area contributed by atoms with Crippen molar-refractivity contribution in [3.05, 3.63) is 59.7 Å². The van der Waals surface area contributed by atoms with Gasteiger partial charge in [0.1, 0.15) is 16.5 Å². The number of nitrogens with zero attached hydrogens (tertiary/aromatic N) is 1. The van der Waals surface area contributed by atoms with Gasteiger partial charge in [0, 0.05) is 5.92 Å². The van der Waals surface area contributed by atoms with Gasteiger partial charge in [0.05, 0.1) is 18.1 Å². The monoisotopic (exact) mass is 342 g/mol. The molecule has 5 nitrogen and oxygen atoms in total. The average Bonchev–Trinajstić information content (AvgIpc) is 3.23. The van der Waals surface area contributed by atoms with Crippen LogP contribution in [0.4, 0.5) is 0 Å². The van der Waals surface area contributed by atoms with Gasteiger partial charge in [0.2, 0.25) is 0 Å². The topological polar surface area (TPSA) is 93.2 Å². The lowest BCUT2D eigenvalue weighted by atomic mass is 10.1. The minimum absolute atomic E-state index is 0.194. The molecular weight excluding hydrogens is 324 g/mol. The van der Waals surface area contributed by atoms with Crippen molar-refractivity contribution in [2.24, 2.45) is 5.73 Å². The number of ether oxygens (including phenoxy) is 1. The fourth-order valence-electron chi connectivity index (χ4n) is 3.08. The van der Waals surface area contributed by atoms with Gasteiger partial charge >= 0.3 is 0 Å². The Morgan fingerprint density at radius 2 is 1.71 bits per heavy atom. The van der Waals surface area contributed by atoms with Gasteiger partial charge in [0.25, 0.3) is 0 Å². The number of hydrogen-bond donors (Lipinski definition) is 1. The largest absolute Gasteiger partial charge is 0.497 e. The van der Waals surface area contributed by atoms with Crippen LogP contribution in [0.15, 0.2) is 53.4 Å². The molecule has 0 saturated heterocycles. The Kier molecular flexibility index (Phi) is 3.86. The summed E-state index contributed by atoms with van der Waals surface area (Å²) >= 11 is 0. The fourth-order valence-corrected chi connectivity index (χ4v) is 5.26. The smallest absolute Gasteiger partial charge is 0.184 e. The summed E-state index contributed by atoms with van der Waals surface area (Å²) in [5.74, 6) is 0.108. The van der Waals surface area contributed by atoms with Crippen molar-refractivity contribution in [1.29, 1.82) is 5.26 Å². The molecule has 1 fully saturated rings. The third kappa shape index (κ3) is 2.46. The quantitative estimate of drug-likeness (QED) is 0.919. The number of nitriles is 1. The first kappa shape index (κ1) is 16.5. The van der Waals surface area contributed by atoms with Crippen molar-refractivity contribution in [2.75, 3.05) is 7.11 Å². The molecule has 2 aromatic rings. The molecule has 3 atom stereocenters. The summed E-state index contributed by atoms with van der Waals surface area (Å²) in [5, 5.41) is 8.51. The third-order valence-corrected chi connectivity index (χ3v) is 6.79. The molecule has 0 bridgehead atoms. The van der Waals surface area contributed by atoms with Crippen molar-refractivity contribution >= 4 is 9.84 Å². The first-order valence-electron chi connectivity index (χ1n) is 7.49. The molecule has 1 aliphatic carbocycles. The predicted octanol–water partition coefficient (Wildman–Crippen LogP) is 2.16. The van der Waals surface area contributed by atoms with E-state index in [1.54, 1.807) is 55.6 Å². The lowest BCUT2D eigenvalue weighted by Gasteiger charge is -2.05. The Labute approximate surface area is 141 Å². The average molecular weight is 342 g/mol. The predicted molar refractivity (Wildman–Crippen MR) is 90.4 cm³/mol. The van der Waals surface area contributed by atoms with Crippen molar-refractivity contribution in [1.82, 2.24) is 0 Å². The van der Waals surface area contributed by atoms with Crippen molar-refractivity contribution in [2.45, 2.75) is 28.5 Å². The fraction of sp³-hybridized carbons (Fsp3) is 0.278. The number of sulfone groups is 1. The van der Waals surface area contributed by atoms with E-state index in [0.717, 1.165) is 11.1 Å². The van der Waals surface area contributed by atoms with Crippen LogP contribution in [-0.4, -0.2) is 26.3 Å². The van der Waals surface area contributed by atoms with E-state index < -0.39 is 26.5 Å². The highest BCUT2D eigenvalue weighted by Gasteiger charge is 2.70. The van der Waals surface area contributed by atoms with Crippen LogP contribution < -0.4 is 10.5 Å². The molecule has 6 heteroatoms. The molecule has 1 saturated carbocycles. The number of rotatable bonds is 4. The zero-order chi connectivity index (χ0) is 17.5. The zero-order valence-corrected chi connectivity index (χ0v) is 14.2. The highest BCUT2D eigenvalue weighted by Crippen LogP contribution is 2.55. The van der Waals surface area contributed by atoms with Crippen LogP contribution in [0.5, 0.6) is 5.75 Å². The molecule has 0 spiro atoms. The van der Waals surface area contributed by atoms with Crippen LogP contribution in [0.3, 0.4) is 0 Å². The molecule has 0 unspecified atom stereocenters. The lowest BCUT2D eigenvalue weighted by Crippen LogP contribution is -2.29. The standard InChI is InChI=1S/C18H18N2O3S/c1-12-3-9-15(10-4-12)24(21,22)17-16(18(17,20)11-19)13-5-7-14(23-2)8-6-13/h3-10,16-17H,20H2,1-2H3/t16-,17-,18+/m1/s1. The van der Waals surface area contributed by atoms with E-state index in [2.05, 4.69) is 0 Å². The molecule has 0 heterocycles. The molecular formula is C18H18N2O3S. The van der Waals surface area contributed by atoms with E-state index in [4.69, 9.17) is 10.5 Å². The van der Waals surface area contributed by atoms with E-state index in [9.17, 15) is 13.7 Å². The maximum atomic E-state index is 12.9. The van der Waals surface area contributed by atoms with Gasteiger partial charge in [-0.15, -0.1) is 0 Å². The minimum Gasteiger partial charge on any atom is -0.497 e. The number of aryl methyl sites for hydroxylation is 1. The van der Waals surface area contributed by atoms with Crippen LogP contribution in [0.2, 0.25) is 0 Å². The molecule has 0 radical (unpaired) electrons. The molecule has 2 aromatic carbocycles. The van der Waals surface area contributed by atoms with Crippen LogP contribution in [0.1, 0.15) is 17.0 Å². The van der Waals surface area contributed by atoms with Crippen LogP contribution >= 0.6 is 0 Å². The third-order valence-electron chi connectivity index (χ3n) is 4.53. The van der Waals surface area contributed by atoms with Crippen LogP contribution in [-0.2, 0) is 9.84 Å². The molecule has 0 aliphatic heterocycles. The van der Waals surface area contributed by atoms with Gasteiger partial charge in [-0.2, -0.15) is 5.26 Å². The van der Waals surface area contributed by atoms with Gasteiger partial charge < -0.3 is 10.5 Å². The van der Waals surface area contributed by atoms with Crippen molar-refractivity contribution in [3.8, 4) is 11.8 Å². The summed E-state index contributed by atoms with van der Waals surface area (Å²) in [4.78, 5) is 0.194. The van der Waals surface area contributed by atoms with Gasteiger partial charge in [-0.1, -0.05) is 29.8 Å². The van der Waals surface area contributed by atoms with Gasteiger partial charge in [0.15, 0.2) is 9.84 Å². The normalized spacial score (nSPS) is 25.8. The maximum absolute atomic E-state index is 12.9. The summed E-state index contributed by atoms with van der Waals surface area (Å²) < 4.78 is 31.0. The molecule has 0 aromatic heterocycles. The number of nitrogens with two attached hydrogens (primary N) is 1. The van der Waals surface area contributed by atoms with Crippen molar-refractivity contribution in [3.63, 3.8) is 0 Å². The second-order valence-corrected chi connectivity index (χ2v) is 8.14. The van der Waals surface area contributed by atoms with Crippen molar-refractivity contribution < 1.29 is 13.2 Å². The summed E-state index contributed by atoms with van der Waals surface area (Å²) in [6.07, 6.45) is 0. The highest BCUT2D eigenvalue weighted by atomic mass is 32.2. The Morgan fingerprint density at radius 1 is 1.12 bits per heavy atom. The van der Waals surface area contributed by atoms with E-state index in [1.165, 1.54) is 0 Å². The van der Waals surface area contributed by atoms with Crippen LogP contribution in [0.25, 0.3) is 0 Å². The summed E-state index contributed by atoms with van der Waals surface area (Å²) in [6.45, 7) is 1.89. The molecule has 24 heavy (non-hydrogen) atoms. The zero-order valence-electron chi connectivity index (χ0n) is 13.4. The molecule has 2 N–H and O–H groups in total. The van der Waals surface area contributed by atoms with Crippen LogP contribution in [0, 0.1) is 18.3 Å². The van der Waals surface area contributed by atoms with Gasteiger partial charge in [-0.25, -0.2) is 8.42 Å². The second kappa shape index (κ2) is 5.62. The van der Waals surface area contributed by atoms with E-state index in [1.807, 2.05) is 13.0 Å². The number of benzene rings is 2. The van der Waals surface area contributed by atoms with Gasteiger partial charge in [-0.3, -0.25) is 0 Å². The Balaban J connectivity index is 2.00. The molecule has 3 rings (SSSR count). The first-order valence-corrected chi connectivity index (χ1v) is 9.04. The first-order chi connectivity index (χ1) is 11.3. The molecule has 124 valence electrons. The lowest BCUT2D eigenvalue weighted by molar-refractivity contribution is 0.414. The number of hydrogen-bond acceptors (Lipinski definition) is 5. The number of methoxy groups -OCH3 is 1. The maximum Gasteiger partial charge on any atom is 0.184 e. The molecule has 1 aliphatic rings. The Bertz CT molecular complexity index is 899. The minimum atomic E-state index is -3.69. The summed E-state index contributed by atoms with van der Waals surface area (Å²) in [5.41, 5.74) is 6.39. The summed E-state index contributed by atoms with van der Waals surface area (Å²) in [6, 6.07) is 15.6. The van der Waals surface area contributed by atoms with E-state index >= 15 is 0 Å². The summed E-state index contributed by atoms with van der Waals surface area (Å²) in [7, 11) is -2.14.